The minimum atomic E-state index is -3.97. The van der Waals surface area contributed by atoms with Crippen LogP contribution in [-0.2, 0) is 26.1 Å². The zero-order chi connectivity index (χ0) is 23.8. The Bertz CT molecular complexity index is 1250. The first kappa shape index (κ1) is 24.1. The lowest BCUT2D eigenvalue weighted by molar-refractivity contribution is -0.124. The lowest BCUT2D eigenvalue weighted by Crippen LogP contribution is -2.28. The van der Waals surface area contributed by atoms with Crippen LogP contribution in [0.3, 0.4) is 0 Å². The number of sulfonamides is 1. The van der Waals surface area contributed by atoms with Crippen LogP contribution in [0.4, 0.5) is 5.69 Å². The van der Waals surface area contributed by atoms with E-state index in [1.54, 1.807) is 24.3 Å². The van der Waals surface area contributed by atoms with Crippen molar-refractivity contribution in [3.63, 3.8) is 0 Å². The Morgan fingerprint density at radius 1 is 0.939 bits per heavy atom. The second kappa shape index (κ2) is 10.8. The molecule has 0 aliphatic heterocycles. The number of benzene rings is 3. The van der Waals surface area contributed by atoms with Crippen LogP contribution in [-0.4, -0.2) is 34.0 Å². The van der Waals surface area contributed by atoms with E-state index in [0.717, 1.165) is 5.56 Å². The Morgan fingerprint density at radius 2 is 1.61 bits per heavy atom. The Labute approximate surface area is 196 Å². The quantitative estimate of drug-likeness (QED) is 0.445. The van der Waals surface area contributed by atoms with Crippen molar-refractivity contribution >= 4 is 39.2 Å². The zero-order valence-corrected chi connectivity index (χ0v) is 19.2. The van der Waals surface area contributed by atoms with Crippen molar-refractivity contribution in [2.24, 2.45) is 0 Å². The van der Waals surface area contributed by atoms with Crippen molar-refractivity contribution in [2.75, 3.05) is 18.4 Å². The highest BCUT2D eigenvalue weighted by atomic mass is 35.5. The third-order valence-electron chi connectivity index (χ3n) is 4.52. The van der Waals surface area contributed by atoms with E-state index in [9.17, 15) is 18.0 Å². The van der Waals surface area contributed by atoms with Gasteiger partial charge in [-0.2, -0.15) is 0 Å². The Morgan fingerprint density at radius 3 is 2.33 bits per heavy atom. The van der Waals surface area contributed by atoms with Crippen molar-refractivity contribution in [3.05, 3.63) is 88.9 Å². The molecule has 10 heteroatoms. The van der Waals surface area contributed by atoms with Gasteiger partial charge in [-0.05, 0) is 42.5 Å². The number of para-hydroxylation sites is 2. The number of amides is 1. The second-order valence-electron chi connectivity index (χ2n) is 6.77. The van der Waals surface area contributed by atoms with Crippen molar-refractivity contribution in [1.29, 1.82) is 0 Å². The van der Waals surface area contributed by atoms with E-state index in [4.69, 9.17) is 21.1 Å². The van der Waals surface area contributed by atoms with E-state index in [2.05, 4.69) is 10.0 Å². The predicted molar refractivity (Wildman–Crippen MR) is 124 cm³/mol. The molecule has 3 rings (SSSR count). The Hall–Kier alpha value is -3.56. The van der Waals surface area contributed by atoms with Crippen molar-refractivity contribution in [1.82, 2.24) is 5.32 Å². The van der Waals surface area contributed by atoms with Crippen LogP contribution in [0.15, 0.2) is 77.7 Å². The second-order valence-corrected chi connectivity index (χ2v) is 8.89. The number of hydrogen-bond acceptors (Lipinski definition) is 6. The largest absolute Gasteiger partial charge is 0.496 e. The molecule has 8 nitrogen and oxygen atoms in total. The summed E-state index contributed by atoms with van der Waals surface area (Å²) in [5.74, 6) is -0.748. The molecule has 33 heavy (non-hydrogen) atoms. The summed E-state index contributed by atoms with van der Waals surface area (Å²) in [6, 6.07) is 18.7. The number of anilines is 1. The maximum absolute atomic E-state index is 12.6. The Kier molecular flexibility index (Phi) is 7.92. The van der Waals surface area contributed by atoms with Gasteiger partial charge in [0.15, 0.2) is 6.61 Å². The van der Waals surface area contributed by atoms with Gasteiger partial charge in [0.1, 0.15) is 5.75 Å². The average Bonchev–Trinajstić information content (AvgIpc) is 2.81. The lowest BCUT2D eigenvalue weighted by Gasteiger charge is -2.13. The van der Waals surface area contributed by atoms with Gasteiger partial charge in [0, 0.05) is 17.1 Å². The first-order valence-electron chi connectivity index (χ1n) is 9.73. The molecule has 0 aromatic heterocycles. The molecule has 0 heterocycles. The zero-order valence-electron chi connectivity index (χ0n) is 17.6. The van der Waals surface area contributed by atoms with Crippen molar-refractivity contribution < 1.29 is 27.5 Å². The number of nitrogens with one attached hydrogen (secondary N) is 2. The highest BCUT2D eigenvalue weighted by molar-refractivity contribution is 7.92. The third kappa shape index (κ3) is 6.47. The fourth-order valence-electron chi connectivity index (χ4n) is 2.87. The molecule has 0 saturated heterocycles. The van der Waals surface area contributed by atoms with E-state index in [-0.39, 0.29) is 22.7 Å². The standard InChI is InChI=1S/C23H21ClN2O6S/c1-31-21-9-5-2-6-16(21)14-25-22(27)15-32-23(28)19-7-3-4-8-20(19)26-33(29,30)18-12-10-17(24)11-13-18/h2-13,26H,14-15H2,1H3,(H,25,27). The van der Waals surface area contributed by atoms with Crippen LogP contribution in [0.25, 0.3) is 0 Å². The van der Waals surface area contributed by atoms with Crippen molar-refractivity contribution in [3.8, 4) is 5.75 Å². The van der Waals surface area contributed by atoms with Gasteiger partial charge < -0.3 is 14.8 Å². The van der Waals surface area contributed by atoms with Crippen LogP contribution >= 0.6 is 11.6 Å². The number of rotatable bonds is 9. The summed E-state index contributed by atoms with van der Waals surface area (Å²) < 4.78 is 38.0. The molecule has 0 unspecified atom stereocenters. The number of hydrogen-bond donors (Lipinski definition) is 2. The summed E-state index contributed by atoms with van der Waals surface area (Å²) in [5.41, 5.74) is 0.751. The summed E-state index contributed by atoms with van der Waals surface area (Å²) in [5, 5.41) is 3.03. The van der Waals surface area contributed by atoms with Crippen molar-refractivity contribution in [2.45, 2.75) is 11.4 Å². The average molecular weight is 489 g/mol. The summed E-state index contributed by atoms with van der Waals surface area (Å²) in [6.07, 6.45) is 0. The van der Waals surface area contributed by atoms with Gasteiger partial charge in [-0.15, -0.1) is 0 Å². The van der Waals surface area contributed by atoms with E-state index in [1.165, 1.54) is 43.5 Å². The summed E-state index contributed by atoms with van der Waals surface area (Å²) in [6.45, 7) is -0.343. The number of ether oxygens (including phenoxy) is 2. The van der Waals surface area contributed by atoms with Gasteiger partial charge in [0.05, 0.1) is 23.3 Å². The van der Waals surface area contributed by atoms with Gasteiger partial charge in [0.25, 0.3) is 15.9 Å². The molecule has 0 atom stereocenters. The number of esters is 1. The van der Waals surface area contributed by atoms with Gasteiger partial charge in [-0.1, -0.05) is 41.9 Å². The predicted octanol–water partition coefficient (Wildman–Crippen LogP) is 3.62. The molecule has 0 radical (unpaired) electrons. The number of halogens is 1. The molecule has 0 fully saturated rings. The van der Waals surface area contributed by atoms with Crippen LogP contribution < -0.4 is 14.8 Å². The highest BCUT2D eigenvalue weighted by Gasteiger charge is 2.20. The van der Waals surface area contributed by atoms with E-state index in [0.29, 0.717) is 10.8 Å². The van der Waals surface area contributed by atoms with Gasteiger partial charge >= 0.3 is 5.97 Å². The monoisotopic (exact) mass is 488 g/mol. The molecule has 0 spiro atoms. The number of carbonyl (C=O) groups excluding carboxylic acids is 2. The van der Waals surface area contributed by atoms with Gasteiger partial charge in [-0.3, -0.25) is 9.52 Å². The van der Waals surface area contributed by atoms with Crippen LogP contribution in [0.1, 0.15) is 15.9 Å². The van der Waals surface area contributed by atoms with Gasteiger partial charge in [0.2, 0.25) is 0 Å². The van der Waals surface area contributed by atoms with Crippen LogP contribution in [0.5, 0.6) is 5.75 Å². The summed E-state index contributed by atoms with van der Waals surface area (Å²) >= 11 is 5.81. The molecule has 2 N–H and O–H groups in total. The minimum absolute atomic E-state index is 0.0203. The first-order chi connectivity index (χ1) is 15.8. The molecule has 0 bridgehead atoms. The van der Waals surface area contributed by atoms with E-state index in [1.807, 2.05) is 12.1 Å². The third-order valence-corrected chi connectivity index (χ3v) is 6.15. The lowest BCUT2D eigenvalue weighted by atomic mass is 10.2. The fraction of sp³-hybridized carbons (Fsp3) is 0.130. The summed E-state index contributed by atoms with van der Waals surface area (Å²) in [7, 11) is -2.44. The molecule has 0 aliphatic rings. The maximum Gasteiger partial charge on any atom is 0.340 e. The Balaban J connectivity index is 1.62. The van der Waals surface area contributed by atoms with E-state index >= 15 is 0 Å². The topological polar surface area (TPSA) is 111 Å². The smallest absolute Gasteiger partial charge is 0.340 e. The molecule has 1 amide bonds. The van der Waals surface area contributed by atoms with Crippen LogP contribution in [0.2, 0.25) is 5.02 Å². The molecule has 172 valence electrons. The molecule has 0 saturated carbocycles. The molecule has 0 aliphatic carbocycles. The minimum Gasteiger partial charge on any atom is -0.496 e. The number of methoxy groups -OCH3 is 1. The fourth-order valence-corrected chi connectivity index (χ4v) is 4.08. The summed E-state index contributed by atoms with van der Waals surface area (Å²) in [4.78, 5) is 24.6. The number of carbonyl (C=O) groups is 2. The van der Waals surface area contributed by atoms with Gasteiger partial charge in [-0.25, -0.2) is 13.2 Å². The van der Waals surface area contributed by atoms with E-state index < -0.39 is 28.5 Å². The first-order valence-corrected chi connectivity index (χ1v) is 11.6. The highest BCUT2D eigenvalue weighted by Crippen LogP contribution is 2.22. The molecular formula is C23H21ClN2O6S. The normalized spacial score (nSPS) is 10.8. The molecule has 3 aromatic carbocycles. The maximum atomic E-state index is 12.6. The molecule has 3 aromatic rings. The van der Waals surface area contributed by atoms with Crippen LogP contribution in [0, 0.1) is 0 Å². The SMILES string of the molecule is COc1ccccc1CNC(=O)COC(=O)c1ccccc1NS(=O)(=O)c1ccc(Cl)cc1. The molecular weight excluding hydrogens is 468 g/mol.